The standard InChI is InChI=1S/C44H36N2O8/c1-51-41(47)33-17-9-5-13-29(33)21-25-37-38(26-22-30-14-6-10-18-34(30)42(48)52-2)46-40(28-24-32-16-8-12-20-36(32)44(50)54-4)39(45-37)27-23-31-15-7-11-19-35(31)43(49)53-3/h5-28H,1-4H3. The number of esters is 4. The van der Waals surface area contributed by atoms with Crippen LogP contribution in [0.25, 0.3) is 48.6 Å². The Kier molecular flexibility index (Phi) is 12.9. The molecule has 5 aromatic rings. The lowest BCUT2D eigenvalue weighted by atomic mass is 10.0. The molecule has 270 valence electrons. The number of rotatable bonds is 12. The highest BCUT2D eigenvalue weighted by molar-refractivity contribution is 5.98. The van der Waals surface area contributed by atoms with E-state index in [1.807, 2.05) is 0 Å². The Balaban J connectivity index is 1.74. The number of carbonyl (C=O) groups is 4. The van der Waals surface area contributed by atoms with Gasteiger partial charge in [-0.3, -0.25) is 0 Å². The van der Waals surface area contributed by atoms with Crippen LogP contribution in [0, 0.1) is 0 Å². The molecule has 54 heavy (non-hydrogen) atoms. The summed E-state index contributed by atoms with van der Waals surface area (Å²) in [6.07, 6.45) is 13.8. The number of ether oxygens (including phenoxy) is 4. The molecule has 0 radical (unpaired) electrons. The Bertz CT molecular complexity index is 2000. The molecule has 0 aliphatic heterocycles. The molecule has 5 rings (SSSR count). The van der Waals surface area contributed by atoms with E-state index in [-0.39, 0.29) is 0 Å². The Morgan fingerprint density at radius 3 is 0.759 bits per heavy atom. The molecule has 0 bridgehead atoms. The first kappa shape index (κ1) is 38.0. The first-order valence-corrected chi connectivity index (χ1v) is 16.6. The number of nitrogens with zero attached hydrogens (tertiary/aromatic N) is 2. The summed E-state index contributed by atoms with van der Waals surface area (Å²) in [5.74, 6) is -1.99. The van der Waals surface area contributed by atoms with Crippen LogP contribution >= 0.6 is 0 Å². The molecule has 0 amide bonds. The van der Waals surface area contributed by atoms with Crippen LogP contribution in [0.5, 0.6) is 0 Å². The molecular formula is C44H36N2O8. The molecule has 0 atom stereocenters. The molecule has 0 N–H and O–H groups in total. The van der Waals surface area contributed by atoms with Crippen LogP contribution in [0.2, 0.25) is 0 Å². The summed E-state index contributed by atoms with van der Waals surface area (Å²) in [6, 6.07) is 27.9. The number of benzene rings is 4. The highest BCUT2D eigenvalue weighted by Gasteiger charge is 2.15. The van der Waals surface area contributed by atoms with Crippen molar-refractivity contribution in [3.63, 3.8) is 0 Å². The summed E-state index contributed by atoms with van der Waals surface area (Å²) in [4.78, 5) is 60.3. The number of carbonyl (C=O) groups excluding carboxylic acids is 4. The highest BCUT2D eigenvalue weighted by Crippen LogP contribution is 2.24. The Morgan fingerprint density at radius 1 is 0.352 bits per heavy atom. The molecule has 0 saturated heterocycles. The van der Waals surface area contributed by atoms with Crippen molar-refractivity contribution in [2.75, 3.05) is 28.4 Å². The zero-order chi connectivity index (χ0) is 38.5. The number of hydrogen-bond acceptors (Lipinski definition) is 10. The van der Waals surface area contributed by atoms with Crippen LogP contribution in [0.4, 0.5) is 0 Å². The second-order valence-electron chi connectivity index (χ2n) is 11.4. The molecule has 0 aliphatic carbocycles. The lowest BCUT2D eigenvalue weighted by molar-refractivity contribution is 0.0591. The summed E-state index contributed by atoms with van der Waals surface area (Å²) in [5.41, 5.74) is 5.43. The van der Waals surface area contributed by atoms with Crippen molar-refractivity contribution in [2.24, 2.45) is 0 Å². The Hall–Kier alpha value is -7.20. The van der Waals surface area contributed by atoms with E-state index < -0.39 is 23.9 Å². The number of methoxy groups -OCH3 is 4. The monoisotopic (exact) mass is 720 g/mol. The molecule has 0 aliphatic rings. The van der Waals surface area contributed by atoms with Crippen LogP contribution in [0.3, 0.4) is 0 Å². The van der Waals surface area contributed by atoms with Crippen LogP contribution in [0.1, 0.15) is 86.5 Å². The van der Waals surface area contributed by atoms with Crippen molar-refractivity contribution in [2.45, 2.75) is 0 Å². The van der Waals surface area contributed by atoms with E-state index in [1.165, 1.54) is 28.4 Å². The normalized spacial score (nSPS) is 11.3. The largest absolute Gasteiger partial charge is 0.465 e. The van der Waals surface area contributed by atoms with Crippen molar-refractivity contribution < 1.29 is 38.1 Å². The van der Waals surface area contributed by atoms with Gasteiger partial charge >= 0.3 is 23.9 Å². The fourth-order valence-electron chi connectivity index (χ4n) is 5.41. The predicted molar refractivity (Wildman–Crippen MR) is 209 cm³/mol. The molecule has 1 heterocycles. The maximum Gasteiger partial charge on any atom is 0.338 e. The van der Waals surface area contributed by atoms with E-state index >= 15 is 0 Å². The van der Waals surface area contributed by atoms with Gasteiger partial charge in [-0.25, -0.2) is 29.1 Å². The van der Waals surface area contributed by atoms with Gasteiger partial charge in [0, 0.05) is 0 Å². The van der Waals surface area contributed by atoms with Gasteiger partial charge in [0.2, 0.25) is 0 Å². The smallest absolute Gasteiger partial charge is 0.338 e. The average molecular weight is 721 g/mol. The lowest BCUT2D eigenvalue weighted by Crippen LogP contribution is -2.04. The second-order valence-corrected chi connectivity index (χ2v) is 11.4. The molecular weight excluding hydrogens is 684 g/mol. The van der Waals surface area contributed by atoms with E-state index in [0.717, 1.165) is 0 Å². The lowest BCUT2D eigenvalue weighted by Gasteiger charge is -2.09. The van der Waals surface area contributed by atoms with Crippen LogP contribution in [0.15, 0.2) is 97.1 Å². The van der Waals surface area contributed by atoms with Gasteiger partial charge in [-0.1, -0.05) is 97.1 Å². The summed E-state index contributed by atoms with van der Waals surface area (Å²) in [5, 5.41) is 0. The third-order valence-corrected chi connectivity index (χ3v) is 8.15. The van der Waals surface area contributed by atoms with Gasteiger partial charge < -0.3 is 18.9 Å². The minimum Gasteiger partial charge on any atom is -0.465 e. The zero-order valence-corrected chi connectivity index (χ0v) is 30.0. The first-order chi connectivity index (χ1) is 26.3. The summed E-state index contributed by atoms with van der Waals surface area (Å²) < 4.78 is 20.0. The van der Waals surface area contributed by atoms with Gasteiger partial charge in [-0.2, -0.15) is 0 Å². The topological polar surface area (TPSA) is 131 Å². The molecule has 0 fully saturated rings. The summed E-state index contributed by atoms with van der Waals surface area (Å²) in [7, 11) is 5.26. The average Bonchev–Trinajstić information content (AvgIpc) is 3.22. The van der Waals surface area contributed by atoms with E-state index in [9.17, 15) is 19.2 Å². The molecule has 10 nitrogen and oxygen atoms in total. The SMILES string of the molecule is COC(=O)c1ccccc1C=Cc1nc(C=Cc2ccccc2C(=O)OC)c(C=Cc2ccccc2C(=O)OC)nc1C=Cc1ccccc1C(=O)OC. The van der Waals surface area contributed by atoms with E-state index in [4.69, 9.17) is 28.9 Å². The fourth-order valence-corrected chi connectivity index (χ4v) is 5.41. The van der Waals surface area contributed by atoms with Crippen molar-refractivity contribution in [1.29, 1.82) is 0 Å². The maximum atomic E-state index is 12.6. The van der Waals surface area contributed by atoms with E-state index in [2.05, 4.69) is 0 Å². The van der Waals surface area contributed by atoms with Gasteiger partial charge in [-0.15, -0.1) is 0 Å². The molecule has 0 unspecified atom stereocenters. The molecule has 1 aromatic heterocycles. The molecule has 0 saturated carbocycles. The summed E-state index contributed by atoms with van der Waals surface area (Å²) in [6.45, 7) is 0. The van der Waals surface area contributed by atoms with Gasteiger partial charge in [0.15, 0.2) is 0 Å². The second kappa shape index (κ2) is 18.3. The van der Waals surface area contributed by atoms with Gasteiger partial charge in [0.25, 0.3) is 0 Å². The first-order valence-electron chi connectivity index (χ1n) is 16.6. The molecule has 4 aromatic carbocycles. The van der Waals surface area contributed by atoms with E-state index in [0.29, 0.717) is 67.3 Å². The Labute approximate surface area is 312 Å². The quantitative estimate of drug-likeness (QED) is 0.0916. The Morgan fingerprint density at radius 2 is 0.556 bits per heavy atom. The predicted octanol–water partition coefficient (Wildman–Crippen LogP) is 8.30. The third kappa shape index (κ3) is 9.17. The van der Waals surface area contributed by atoms with Gasteiger partial charge in [0.05, 0.1) is 73.5 Å². The van der Waals surface area contributed by atoms with Crippen LogP contribution in [-0.4, -0.2) is 62.3 Å². The van der Waals surface area contributed by atoms with Crippen LogP contribution < -0.4 is 0 Å². The fraction of sp³-hybridized carbons (Fsp3) is 0.0909. The molecule has 0 spiro atoms. The van der Waals surface area contributed by atoms with Crippen molar-refractivity contribution >= 4 is 72.5 Å². The number of aromatic nitrogens is 2. The third-order valence-electron chi connectivity index (χ3n) is 8.15. The summed E-state index contributed by atoms with van der Waals surface area (Å²) >= 11 is 0. The highest BCUT2D eigenvalue weighted by atomic mass is 16.5. The maximum absolute atomic E-state index is 12.6. The van der Waals surface area contributed by atoms with Crippen LogP contribution in [-0.2, 0) is 18.9 Å². The van der Waals surface area contributed by atoms with Crippen molar-refractivity contribution in [3.8, 4) is 0 Å². The van der Waals surface area contributed by atoms with Gasteiger partial charge in [0.1, 0.15) is 0 Å². The zero-order valence-electron chi connectivity index (χ0n) is 30.0. The molecule has 10 heteroatoms. The minimum atomic E-state index is -0.499. The van der Waals surface area contributed by atoms with E-state index in [1.54, 1.807) is 146 Å². The number of hydrogen-bond donors (Lipinski definition) is 0. The van der Waals surface area contributed by atoms with Crippen molar-refractivity contribution in [1.82, 2.24) is 9.97 Å². The van der Waals surface area contributed by atoms with Gasteiger partial charge in [-0.05, 0) is 70.8 Å². The van der Waals surface area contributed by atoms with Crippen molar-refractivity contribution in [3.05, 3.63) is 164 Å². The minimum absolute atomic E-state index is 0.358.